The number of benzene rings is 3. The molecule has 0 heterocycles. The lowest BCUT2D eigenvalue weighted by molar-refractivity contribution is -0.121. The molecule has 188 valence electrons. The van der Waals surface area contributed by atoms with Crippen LogP contribution in [-0.4, -0.2) is 50.1 Å². The van der Waals surface area contributed by atoms with Gasteiger partial charge in [0, 0.05) is 24.1 Å². The molecule has 0 bridgehead atoms. The fourth-order valence-corrected chi connectivity index (χ4v) is 5.11. The number of thioether (sulfide) groups is 1. The van der Waals surface area contributed by atoms with E-state index in [0.717, 1.165) is 20.3 Å². The van der Waals surface area contributed by atoms with Crippen molar-refractivity contribution < 1.29 is 18.0 Å². The molecular weight excluding hydrogens is 496 g/mol. The zero-order chi connectivity index (χ0) is 26.0. The summed E-state index contributed by atoms with van der Waals surface area (Å²) >= 11 is 1.62. The Bertz CT molecular complexity index is 1290. The van der Waals surface area contributed by atoms with Gasteiger partial charge in [-0.05, 0) is 60.2 Å². The van der Waals surface area contributed by atoms with Crippen molar-refractivity contribution >= 4 is 45.5 Å². The van der Waals surface area contributed by atoms with Gasteiger partial charge < -0.3 is 5.32 Å². The number of amides is 2. The number of hydrogen-bond acceptors (Lipinski definition) is 6. The lowest BCUT2D eigenvalue weighted by atomic mass is 10.1. The van der Waals surface area contributed by atoms with Crippen molar-refractivity contribution in [2.75, 3.05) is 24.7 Å². The maximum absolute atomic E-state index is 13.4. The van der Waals surface area contributed by atoms with E-state index in [9.17, 15) is 18.0 Å². The van der Waals surface area contributed by atoms with Crippen LogP contribution < -0.4 is 10.7 Å². The van der Waals surface area contributed by atoms with Crippen molar-refractivity contribution in [3.8, 4) is 0 Å². The maximum atomic E-state index is 13.4. The van der Waals surface area contributed by atoms with Gasteiger partial charge in [-0.15, -0.1) is 11.8 Å². The van der Waals surface area contributed by atoms with E-state index >= 15 is 0 Å². The number of nitrogens with one attached hydrogen (secondary N) is 2. The van der Waals surface area contributed by atoms with Gasteiger partial charge in [-0.2, -0.15) is 9.41 Å². The molecule has 0 radical (unpaired) electrons. The van der Waals surface area contributed by atoms with Crippen LogP contribution in [-0.2, 0) is 26.0 Å². The van der Waals surface area contributed by atoms with Crippen LogP contribution in [0.1, 0.15) is 18.1 Å². The fraction of sp³-hybridized carbons (Fsp3) is 0.192. The molecular formula is C26H28N4O4S2. The van der Waals surface area contributed by atoms with Gasteiger partial charge in [0.15, 0.2) is 0 Å². The van der Waals surface area contributed by atoms with Crippen LogP contribution in [0, 0.1) is 0 Å². The predicted octanol–water partition coefficient (Wildman–Crippen LogP) is 3.75. The molecule has 0 saturated heterocycles. The third kappa shape index (κ3) is 8.04. The summed E-state index contributed by atoms with van der Waals surface area (Å²) in [6, 6.07) is 22.9. The summed E-state index contributed by atoms with van der Waals surface area (Å²) in [5.41, 5.74) is 4.65. The largest absolute Gasteiger partial charge is 0.326 e. The number of anilines is 1. The van der Waals surface area contributed by atoms with E-state index in [-0.39, 0.29) is 17.3 Å². The van der Waals surface area contributed by atoms with Crippen LogP contribution in [0.4, 0.5) is 5.69 Å². The van der Waals surface area contributed by atoms with Crippen molar-refractivity contribution in [1.29, 1.82) is 0 Å². The Morgan fingerprint density at radius 1 is 0.972 bits per heavy atom. The number of hydrogen-bond donors (Lipinski definition) is 2. The minimum Gasteiger partial charge on any atom is -0.326 e. The number of sulfonamides is 1. The zero-order valence-corrected chi connectivity index (χ0v) is 21.7. The summed E-state index contributed by atoms with van der Waals surface area (Å²) < 4.78 is 27.9. The zero-order valence-electron chi connectivity index (χ0n) is 20.0. The summed E-state index contributed by atoms with van der Waals surface area (Å²) in [6.07, 6.45) is 3.92. The fourth-order valence-electron chi connectivity index (χ4n) is 3.31. The van der Waals surface area contributed by atoms with Gasteiger partial charge >= 0.3 is 0 Å². The van der Waals surface area contributed by atoms with E-state index in [1.165, 1.54) is 37.4 Å². The molecule has 0 saturated carbocycles. The molecule has 10 heteroatoms. The third-order valence-corrected chi connectivity index (χ3v) is 7.75. The average molecular weight is 525 g/mol. The molecule has 2 amide bonds. The topological polar surface area (TPSA) is 108 Å². The summed E-state index contributed by atoms with van der Waals surface area (Å²) in [4.78, 5) is 25.0. The molecule has 36 heavy (non-hydrogen) atoms. The number of carbonyl (C=O) groups excluding carboxylic acids is 2. The van der Waals surface area contributed by atoms with E-state index in [1.54, 1.807) is 11.8 Å². The molecule has 0 aromatic heterocycles. The monoisotopic (exact) mass is 524 g/mol. The summed E-state index contributed by atoms with van der Waals surface area (Å²) in [6.45, 7) is 1.08. The highest BCUT2D eigenvalue weighted by atomic mass is 32.2. The second kappa shape index (κ2) is 13.0. The standard InChI is InChI=1S/C26H28N4O4S2/c1-20(31)28-23-10-14-25(15-11-23)36(33,34)30(17-16-21-6-4-3-5-7-21)19-26(32)29-27-18-22-8-12-24(35-2)13-9-22/h3-15,18H,16-17,19H2,1-2H3,(H,28,31)(H,29,32)/b27-18+. The Morgan fingerprint density at radius 2 is 1.64 bits per heavy atom. The van der Waals surface area contributed by atoms with Crippen LogP contribution in [0.2, 0.25) is 0 Å². The first-order valence-corrected chi connectivity index (χ1v) is 13.8. The van der Waals surface area contributed by atoms with Gasteiger partial charge in [0.1, 0.15) is 0 Å². The van der Waals surface area contributed by atoms with E-state index in [2.05, 4.69) is 15.8 Å². The van der Waals surface area contributed by atoms with Gasteiger partial charge in [0.25, 0.3) is 5.91 Å². The van der Waals surface area contributed by atoms with Crippen molar-refractivity contribution in [2.45, 2.75) is 23.1 Å². The van der Waals surface area contributed by atoms with Gasteiger partial charge in [0.05, 0.1) is 17.7 Å². The first kappa shape index (κ1) is 27.1. The first-order chi connectivity index (χ1) is 17.3. The normalized spacial score (nSPS) is 11.5. The second-order valence-electron chi connectivity index (χ2n) is 7.85. The molecule has 8 nitrogen and oxygen atoms in total. The maximum Gasteiger partial charge on any atom is 0.255 e. The van der Waals surface area contributed by atoms with Crippen LogP contribution in [0.5, 0.6) is 0 Å². The van der Waals surface area contributed by atoms with Gasteiger partial charge in [-0.1, -0.05) is 42.5 Å². The molecule has 0 unspecified atom stereocenters. The predicted molar refractivity (Wildman–Crippen MR) is 144 cm³/mol. The molecule has 0 spiro atoms. The SMILES string of the molecule is CSc1ccc(/C=N/NC(=O)CN(CCc2ccccc2)S(=O)(=O)c2ccc(NC(C)=O)cc2)cc1. The molecule has 2 N–H and O–H groups in total. The van der Waals surface area contributed by atoms with Crippen LogP contribution >= 0.6 is 11.8 Å². The van der Waals surface area contributed by atoms with E-state index in [0.29, 0.717) is 12.1 Å². The summed E-state index contributed by atoms with van der Waals surface area (Å²) in [7, 11) is -3.99. The highest BCUT2D eigenvalue weighted by Crippen LogP contribution is 2.19. The second-order valence-corrected chi connectivity index (χ2v) is 10.7. The van der Waals surface area contributed by atoms with Crippen LogP contribution in [0.3, 0.4) is 0 Å². The molecule has 3 aromatic carbocycles. The lowest BCUT2D eigenvalue weighted by Crippen LogP contribution is -2.40. The van der Waals surface area contributed by atoms with Crippen molar-refractivity contribution in [1.82, 2.24) is 9.73 Å². The Hall–Kier alpha value is -3.47. The molecule has 0 fully saturated rings. The Balaban J connectivity index is 1.73. The van der Waals surface area contributed by atoms with E-state index in [1.807, 2.05) is 60.9 Å². The Morgan fingerprint density at radius 3 is 2.25 bits per heavy atom. The number of carbonyl (C=O) groups is 2. The number of hydrazone groups is 1. The smallest absolute Gasteiger partial charge is 0.255 e. The van der Waals surface area contributed by atoms with Crippen LogP contribution in [0.25, 0.3) is 0 Å². The number of nitrogens with zero attached hydrogens (tertiary/aromatic N) is 2. The molecule has 3 aromatic rings. The lowest BCUT2D eigenvalue weighted by Gasteiger charge is -2.21. The quantitative estimate of drug-likeness (QED) is 0.226. The van der Waals surface area contributed by atoms with Crippen LogP contribution in [0.15, 0.2) is 93.8 Å². The molecule has 0 atom stereocenters. The minimum atomic E-state index is -3.99. The van der Waals surface area contributed by atoms with E-state index < -0.39 is 22.5 Å². The Kier molecular flexibility index (Phi) is 9.80. The van der Waals surface area contributed by atoms with Crippen molar-refractivity contribution in [3.63, 3.8) is 0 Å². The number of rotatable bonds is 11. The van der Waals surface area contributed by atoms with E-state index in [4.69, 9.17) is 0 Å². The minimum absolute atomic E-state index is 0.0230. The molecule has 3 rings (SSSR count). The van der Waals surface area contributed by atoms with Gasteiger partial charge in [-0.3, -0.25) is 9.59 Å². The molecule has 0 aliphatic rings. The summed E-state index contributed by atoms with van der Waals surface area (Å²) in [5.74, 6) is -0.814. The third-order valence-electron chi connectivity index (χ3n) is 5.14. The van der Waals surface area contributed by atoms with Crippen molar-refractivity contribution in [3.05, 3.63) is 90.0 Å². The Labute approximate surface area is 215 Å². The van der Waals surface area contributed by atoms with Crippen molar-refractivity contribution in [2.24, 2.45) is 5.10 Å². The van der Waals surface area contributed by atoms with Gasteiger partial charge in [-0.25, -0.2) is 13.8 Å². The van der Waals surface area contributed by atoms with Gasteiger partial charge in [0.2, 0.25) is 15.9 Å². The highest BCUT2D eigenvalue weighted by Gasteiger charge is 2.26. The molecule has 0 aliphatic carbocycles. The summed E-state index contributed by atoms with van der Waals surface area (Å²) in [5, 5.41) is 6.58. The average Bonchev–Trinajstić information content (AvgIpc) is 2.87. The highest BCUT2D eigenvalue weighted by molar-refractivity contribution is 7.98. The first-order valence-electron chi connectivity index (χ1n) is 11.2. The molecule has 0 aliphatic heterocycles.